The number of aliphatic hydroxyl groups excluding tert-OH is 1. The van der Waals surface area contributed by atoms with Crippen molar-refractivity contribution in [3.63, 3.8) is 0 Å². The van der Waals surface area contributed by atoms with Gasteiger partial charge in [0.25, 0.3) is 0 Å². The van der Waals surface area contributed by atoms with Gasteiger partial charge in [-0.1, -0.05) is 6.42 Å². The van der Waals surface area contributed by atoms with Gasteiger partial charge in [0, 0.05) is 18.9 Å². The van der Waals surface area contributed by atoms with Crippen molar-refractivity contribution in [1.29, 1.82) is 0 Å². The predicted molar refractivity (Wildman–Crippen MR) is 77.2 cm³/mol. The van der Waals surface area contributed by atoms with Crippen LogP contribution in [0.25, 0.3) is 0 Å². The van der Waals surface area contributed by atoms with Crippen molar-refractivity contribution >= 4 is 6.03 Å². The maximum absolute atomic E-state index is 11.9. The number of nitrogens with zero attached hydrogens (tertiary/aromatic N) is 1. The molecule has 1 aromatic heterocycles. The summed E-state index contributed by atoms with van der Waals surface area (Å²) < 4.78 is 0. The summed E-state index contributed by atoms with van der Waals surface area (Å²) in [4.78, 5) is 15.8. The topological polar surface area (TPSA) is 74.2 Å². The monoisotopic (exact) mass is 277 g/mol. The van der Waals surface area contributed by atoms with Crippen molar-refractivity contribution in [2.75, 3.05) is 6.54 Å². The fourth-order valence-electron chi connectivity index (χ4n) is 2.67. The SMILES string of the molecule is CC(NC(=O)NCC1CCCC(O)C1)c1ccncc1. The Balaban J connectivity index is 1.72. The Hall–Kier alpha value is -1.62. The number of hydrogen-bond donors (Lipinski definition) is 3. The molecule has 3 N–H and O–H groups in total. The molecule has 0 aliphatic heterocycles. The van der Waals surface area contributed by atoms with Gasteiger partial charge in [0.2, 0.25) is 0 Å². The molecule has 1 aromatic rings. The van der Waals surface area contributed by atoms with Gasteiger partial charge in [-0.3, -0.25) is 4.98 Å². The van der Waals surface area contributed by atoms with Gasteiger partial charge in [0.15, 0.2) is 0 Å². The molecular formula is C15H23N3O2. The zero-order valence-corrected chi connectivity index (χ0v) is 11.9. The Morgan fingerprint density at radius 2 is 2.20 bits per heavy atom. The van der Waals surface area contributed by atoms with Crippen LogP contribution in [-0.2, 0) is 0 Å². The van der Waals surface area contributed by atoms with Crippen molar-refractivity contribution in [2.45, 2.75) is 44.8 Å². The number of aliphatic hydroxyl groups is 1. The molecule has 1 aliphatic carbocycles. The summed E-state index contributed by atoms with van der Waals surface area (Å²) in [5.41, 5.74) is 1.03. The Labute approximate surface area is 119 Å². The van der Waals surface area contributed by atoms with E-state index in [0.717, 1.165) is 31.2 Å². The maximum Gasteiger partial charge on any atom is 0.315 e. The third-order valence-corrected chi connectivity index (χ3v) is 3.86. The first-order chi connectivity index (χ1) is 9.65. The van der Waals surface area contributed by atoms with Crippen molar-refractivity contribution < 1.29 is 9.90 Å². The molecule has 3 atom stereocenters. The van der Waals surface area contributed by atoms with E-state index in [1.165, 1.54) is 0 Å². The molecule has 1 saturated carbocycles. The average Bonchev–Trinajstić information content (AvgIpc) is 2.46. The van der Waals surface area contributed by atoms with Crippen molar-refractivity contribution in [2.24, 2.45) is 5.92 Å². The second-order valence-electron chi connectivity index (χ2n) is 5.54. The van der Waals surface area contributed by atoms with Crippen LogP contribution in [-0.4, -0.2) is 28.8 Å². The summed E-state index contributed by atoms with van der Waals surface area (Å²) in [7, 11) is 0. The standard InChI is InChI=1S/C15H23N3O2/c1-11(13-5-7-16-8-6-13)18-15(20)17-10-12-3-2-4-14(19)9-12/h5-8,11-12,14,19H,2-4,9-10H2,1H3,(H2,17,18,20). The minimum absolute atomic E-state index is 0.0463. The molecule has 5 heteroatoms. The third-order valence-electron chi connectivity index (χ3n) is 3.86. The highest BCUT2D eigenvalue weighted by atomic mass is 16.3. The van der Waals surface area contributed by atoms with Gasteiger partial charge in [-0.2, -0.15) is 0 Å². The first kappa shape index (κ1) is 14.8. The summed E-state index contributed by atoms with van der Waals surface area (Å²) in [5.74, 6) is 0.390. The summed E-state index contributed by atoms with van der Waals surface area (Å²) in [6.07, 6.45) is 7.04. The highest BCUT2D eigenvalue weighted by molar-refractivity contribution is 5.74. The number of carbonyl (C=O) groups is 1. The number of pyridine rings is 1. The van der Waals surface area contributed by atoms with Crippen LogP contribution in [0.3, 0.4) is 0 Å². The van der Waals surface area contributed by atoms with E-state index in [4.69, 9.17) is 0 Å². The Morgan fingerprint density at radius 3 is 2.90 bits per heavy atom. The van der Waals surface area contributed by atoms with E-state index < -0.39 is 0 Å². The second-order valence-corrected chi connectivity index (χ2v) is 5.54. The van der Waals surface area contributed by atoms with Gasteiger partial charge < -0.3 is 15.7 Å². The van der Waals surface area contributed by atoms with E-state index >= 15 is 0 Å². The van der Waals surface area contributed by atoms with Gasteiger partial charge in [-0.05, 0) is 49.8 Å². The molecule has 2 amide bonds. The summed E-state index contributed by atoms with van der Waals surface area (Å²) >= 11 is 0. The normalized spacial score (nSPS) is 23.9. The van der Waals surface area contributed by atoms with Gasteiger partial charge in [0.05, 0.1) is 12.1 Å². The van der Waals surface area contributed by atoms with Gasteiger partial charge in [-0.15, -0.1) is 0 Å². The lowest BCUT2D eigenvalue weighted by molar-refractivity contribution is 0.101. The van der Waals surface area contributed by atoms with E-state index in [-0.39, 0.29) is 18.2 Å². The highest BCUT2D eigenvalue weighted by Crippen LogP contribution is 2.23. The Morgan fingerprint density at radius 1 is 1.45 bits per heavy atom. The molecule has 0 saturated heterocycles. The lowest BCUT2D eigenvalue weighted by atomic mass is 9.87. The fraction of sp³-hybridized carbons (Fsp3) is 0.600. The van der Waals surface area contributed by atoms with Crippen LogP contribution in [0.4, 0.5) is 4.79 Å². The molecule has 20 heavy (non-hydrogen) atoms. The van der Waals surface area contributed by atoms with E-state index in [1.807, 2.05) is 19.1 Å². The number of nitrogens with one attached hydrogen (secondary N) is 2. The molecule has 0 bridgehead atoms. The minimum Gasteiger partial charge on any atom is -0.393 e. The summed E-state index contributed by atoms with van der Waals surface area (Å²) in [5, 5.41) is 15.4. The Bertz CT molecular complexity index is 424. The summed E-state index contributed by atoms with van der Waals surface area (Å²) in [6, 6.07) is 3.58. The zero-order chi connectivity index (χ0) is 14.4. The van der Waals surface area contributed by atoms with Gasteiger partial charge >= 0.3 is 6.03 Å². The molecule has 0 radical (unpaired) electrons. The number of rotatable bonds is 4. The minimum atomic E-state index is -0.200. The van der Waals surface area contributed by atoms with Crippen LogP contribution in [0.1, 0.15) is 44.2 Å². The molecule has 0 aromatic carbocycles. The first-order valence-corrected chi connectivity index (χ1v) is 7.27. The predicted octanol–water partition coefficient (Wildman–Crippen LogP) is 1.99. The molecule has 1 fully saturated rings. The van der Waals surface area contributed by atoms with E-state index in [2.05, 4.69) is 15.6 Å². The second kappa shape index (κ2) is 7.24. The van der Waals surface area contributed by atoms with Crippen molar-refractivity contribution in [3.05, 3.63) is 30.1 Å². The molecule has 0 spiro atoms. The molecule has 1 heterocycles. The molecule has 5 nitrogen and oxygen atoms in total. The van der Waals surface area contributed by atoms with E-state index in [0.29, 0.717) is 12.5 Å². The van der Waals surface area contributed by atoms with E-state index in [9.17, 15) is 9.90 Å². The molecule has 110 valence electrons. The molecule has 1 aliphatic rings. The largest absolute Gasteiger partial charge is 0.393 e. The molecular weight excluding hydrogens is 254 g/mol. The molecule has 3 unspecified atom stereocenters. The number of hydrogen-bond acceptors (Lipinski definition) is 3. The number of aromatic nitrogens is 1. The number of amides is 2. The number of urea groups is 1. The van der Waals surface area contributed by atoms with Crippen LogP contribution in [0.15, 0.2) is 24.5 Å². The first-order valence-electron chi connectivity index (χ1n) is 7.27. The smallest absolute Gasteiger partial charge is 0.315 e. The van der Waals surface area contributed by atoms with Crippen LogP contribution in [0.2, 0.25) is 0 Å². The number of carbonyl (C=O) groups excluding carboxylic acids is 1. The maximum atomic E-state index is 11.9. The van der Waals surface area contributed by atoms with Crippen LogP contribution in [0, 0.1) is 5.92 Å². The zero-order valence-electron chi connectivity index (χ0n) is 11.9. The lowest BCUT2D eigenvalue weighted by Gasteiger charge is -2.26. The van der Waals surface area contributed by atoms with Crippen molar-refractivity contribution in [1.82, 2.24) is 15.6 Å². The fourth-order valence-corrected chi connectivity index (χ4v) is 2.67. The third kappa shape index (κ3) is 4.49. The van der Waals surface area contributed by atoms with Crippen LogP contribution >= 0.6 is 0 Å². The lowest BCUT2D eigenvalue weighted by Crippen LogP contribution is -2.40. The quantitative estimate of drug-likeness (QED) is 0.788. The van der Waals surface area contributed by atoms with Gasteiger partial charge in [-0.25, -0.2) is 4.79 Å². The molecule has 2 rings (SSSR count). The van der Waals surface area contributed by atoms with E-state index in [1.54, 1.807) is 12.4 Å². The van der Waals surface area contributed by atoms with Crippen molar-refractivity contribution in [3.8, 4) is 0 Å². The summed E-state index contributed by atoms with van der Waals surface area (Å²) in [6.45, 7) is 2.57. The Kier molecular flexibility index (Phi) is 5.35. The average molecular weight is 277 g/mol. The highest BCUT2D eigenvalue weighted by Gasteiger charge is 2.20. The van der Waals surface area contributed by atoms with Gasteiger partial charge in [0.1, 0.15) is 0 Å². The van der Waals surface area contributed by atoms with Crippen LogP contribution in [0.5, 0.6) is 0 Å². The van der Waals surface area contributed by atoms with Crippen LogP contribution < -0.4 is 10.6 Å².